The topological polar surface area (TPSA) is 110 Å². The lowest BCUT2D eigenvalue weighted by Gasteiger charge is -2.25. The van der Waals surface area contributed by atoms with Gasteiger partial charge < -0.3 is 10.4 Å². The second-order valence-electron chi connectivity index (χ2n) is 5.84. The summed E-state index contributed by atoms with van der Waals surface area (Å²) in [5.74, 6) is -0.737. The third-order valence-electron chi connectivity index (χ3n) is 3.21. The maximum atomic E-state index is 12.0. The van der Waals surface area contributed by atoms with Gasteiger partial charge in [-0.3, -0.25) is 9.59 Å². The first kappa shape index (κ1) is 16.6. The summed E-state index contributed by atoms with van der Waals surface area (Å²) < 4.78 is 0. The number of carboxylic acids is 1. The van der Waals surface area contributed by atoms with Crippen molar-refractivity contribution in [2.75, 3.05) is 0 Å². The van der Waals surface area contributed by atoms with Crippen LogP contribution in [0.4, 0.5) is 0 Å². The summed E-state index contributed by atoms with van der Waals surface area (Å²) in [4.78, 5) is 23.9. The van der Waals surface area contributed by atoms with Gasteiger partial charge in [-0.1, -0.05) is 30.3 Å². The lowest BCUT2D eigenvalue weighted by molar-refractivity contribution is -0.137. The largest absolute Gasteiger partial charge is 0.481 e. The number of tetrazole rings is 1. The van der Waals surface area contributed by atoms with Crippen LogP contribution in [0.25, 0.3) is 11.4 Å². The van der Waals surface area contributed by atoms with Gasteiger partial charge in [0.25, 0.3) is 0 Å². The minimum Gasteiger partial charge on any atom is -0.481 e. The fourth-order valence-corrected chi connectivity index (χ4v) is 2.04. The molecule has 8 heteroatoms. The molecular weight excluding hydrogens is 298 g/mol. The average molecular weight is 317 g/mol. The van der Waals surface area contributed by atoms with Gasteiger partial charge in [0.1, 0.15) is 6.54 Å². The summed E-state index contributed by atoms with van der Waals surface area (Å²) in [7, 11) is 0. The second kappa shape index (κ2) is 6.99. The molecule has 0 aliphatic carbocycles. The number of hydrogen-bond acceptors (Lipinski definition) is 5. The highest BCUT2D eigenvalue weighted by atomic mass is 16.4. The number of carbonyl (C=O) groups is 2. The molecule has 2 rings (SSSR count). The Balaban J connectivity index is 1.93. The van der Waals surface area contributed by atoms with E-state index in [1.165, 1.54) is 4.80 Å². The van der Waals surface area contributed by atoms with Gasteiger partial charge in [0, 0.05) is 17.5 Å². The van der Waals surface area contributed by atoms with Gasteiger partial charge in [-0.25, -0.2) is 0 Å². The van der Waals surface area contributed by atoms with E-state index in [1.807, 2.05) is 30.3 Å². The quantitative estimate of drug-likeness (QED) is 0.791. The van der Waals surface area contributed by atoms with Gasteiger partial charge in [0.05, 0.1) is 0 Å². The van der Waals surface area contributed by atoms with Crippen molar-refractivity contribution in [3.8, 4) is 11.4 Å². The van der Waals surface area contributed by atoms with Gasteiger partial charge in [0.15, 0.2) is 0 Å². The molecule has 0 aliphatic heterocycles. The molecule has 122 valence electrons. The summed E-state index contributed by atoms with van der Waals surface area (Å²) in [6, 6.07) is 9.34. The molecule has 0 fully saturated rings. The number of aliphatic carboxylic acids is 1. The van der Waals surface area contributed by atoms with Gasteiger partial charge in [-0.05, 0) is 25.5 Å². The molecule has 1 aromatic heterocycles. The van der Waals surface area contributed by atoms with E-state index in [4.69, 9.17) is 5.11 Å². The van der Waals surface area contributed by atoms with Gasteiger partial charge in [-0.15, -0.1) is 10.2 Å². The van der Waals surface area contributed by atoms with Crippen LogP contribution in [0.15, 0.2) is 30.3 Å². The number of nitrogens with zero attached hydrogens (tertiary/aromatic N) is 4. The summed E-state index contributed by atoms with van der Waals surface area (Å²) in [5, 5.41) is 23.4. The zero-order chi connectivity index (χ0) is 16.9. The summed E-state index contributed by atoms with van der Waals surface area (Å²) >= 11 is 0. The first-order valence-corrected chi connectivity index (χ1v) is 7.22. The summed E-state index contributed by atoms with van der Waals surface area (Å²) in [6.07, 6.45) is 0.334. The summed E-state index contributed by atoms with van der Waals surface area (Å²) in [6.45, 7) is 3.48. The number of amides is 1. The number of aromatic nitrogens is 4. The third-order valence-corrected chi connectivity index (χ3v) is 3.21. The molecule has 0 unspecified atom stereocenters. The maximum absolute atomic E-state index is 12.0. The molecule has 0 atom stereocenters. The molecule has 0 spiro atoms. The Hall–Kier alpha value is -2.77. The number of benzene rings is 1. The number of carbonyl (C=O) groups excluding carboxylic acids is 1. The van der Waals surface area contributed by atoms with Crippen LogP contribution in [0.5, 0.6) is 0 Å². The first-order chi connectivity index (χ1) is 10.9. The Bertz CT molecular complexity index is 681. The standard InChI is InChI=1S/C15H19N5O3/c1-15(2,9-8-13(22)23)16-12(21)10-20-18-14(17-19-20)11-6-4-3-5-7-11/h3-7H,8-10H2,1-2H3,(H,16,21)(H,22,23). The Morgan fingerprint density at radius 2 is 1.96 bits per heavy atom. The molecular formula is C15H19N5O3. The van der Waals surface area contributed by atoms with Gasteiger partial charge in [-0.2, -0.15) is 4.80 Å². The van der Waals surface area contributed by atoms with E-state index in [2.05, 4.69) is 20.7 Å². The lowest BCUT2D eigenvalue weighted by atomic mass is 9.98. The van der Waals surface area contributed by atoms with Crippen molar-refractivity contribution in [3.63, 3.8) is 0 Å². The Kier molecular flexibility index (Phi) is 5.05. The van der Waals surface area contributed by atoms with Crippen LogP contribution >= 0.6 is 0 Å². The minimum atomic E-state index is -0.891. The van der Waals surface area contributed by atoms with Crippen molar-refractivity contribution in [1.29, 1.82) is 0 Å². The predicted octanol–water partition coefficient (Wildman–Crippen LogP) is 1.10. The minimum absolute atomic E-state index is 0.00693. The van der Waals surface area contributed by atoms with Crippen LogP contribution in [0.2, 0.25) is 0 Å². The molecule has 2 N–H and O–H groups in total. The van der Waals surface area contributed by atoms with Crippen LogP contribution in [0.3, 0.4) is 0 Å². The molecule has 0 saturated heterocycles. The fourth-order valence-electron chi connectivity index (χ4n) is 2.04. The van der Waals surface area contributed by atoms with Gasteiger partial charge >= 0.3 is 5.97 Å². The Morgan fingerprint density at radius 3 is 2.61 bits per heavy atom. The fraction of sp³-hybridized carbons (Fsp3) is 0.400. The number of carboxylic acid groups (broad SMARTS) is 1. The third kappa shape index (κ3) is 5.17. The molecule has 0 bridgehead atoms. The maximum Gasteiger partial charge on any atom is 0.303 e. The van der Waals surface area contributed by atoms with Crippen LogP contribution in [0, 0.1) is 0 Å². The smallest absolute Gasteiger partial charge is 0.303 e. The molecule has 8 nitrogen and oxygen atoms in total. The van der Waals surface area contributed by atoms with Crippen LogP contribution < -0.4 is 5.32 Å². The second-order valence-corrected chi connectivity index (χ2v) is 5.84. The highest BCUT2D eigenvalue weighted by molar-refractivity contribution is 5.76. The van der Waals surface area contributed by atoms with Crippen molar-refractivity contribution < 1.29 is 14.7 Å². The molecule has 1 amide bonds. The highest BCUT2D eigenvalue weighted by Gasteiger charge is 2.22. The van der Waals surface area contributed by atoms with Gasteiger partial charge in [0.2, 0.25) is 11.7 Å². The van der Waals surface area contributed by atoms with E-state index >= 15 is 0 Å². The van der Waals surface area contributed by atoms with E-state index in [9.17, 15) is 9.59 Å². The van der Waals surface area contributed by atoms with Crippen molar-refractivity contribution in [2.45, 2.75) is 38.8 Å². The first-order valence-electron chi connectivity index (χ1n) is 7.22. The zero-order valence-corrected chi connectivity index (χ0v) is 13.1. The van der Waals surface area contributed by atoms with E-state index < -0.39 is 11.5 Å². The molecule has 0 aliphatic rings. The Labute approximate surface area is 133 Å². The highest BCUT2D eigenvalue weighted by Crippen LogP contribution is 2.13. The molecule has 0 radical (unpaired) electrons. The van der Waals surface area contributed by atoms with E-state index in [1.54, 1.807) is 13.8 Å². The molecule has 23 heavy (non-hydrogen) atoms. The lowest BCUT2D eigenvalue weighted by Crippen LogP contribution is -2.45. The van der Waals surface area contributed by atoms with Crippen LogP contribution in [-0.2, 0) is 16.1 Å². The molecule has 0 saturated carbocycles. The number of hydrogen-bond donors (Lipinski definition) is 2. The molecule has 1 aromatic carbocycles. The van der Waals surface area contributed by atoms with E-state index in [0.717, 1.165) is 5.56 Å². The van der Waals surface area contributed by atoms with Crippen molar-refractivity contribution in [2.24, 2.45) is 0 Å². The van der Waals surface area contributed by atoms with Crippen LogP contribution in [0.1, 0.15) is 26.7 Å². The SMILES string of the molecule is CC(C)(CCC(=O)O)NC(=O)Cn1nnc(-c2ccccc2)n1. The van der Waals surface area contributed by atoms with E-state index in [0.29, 0.717) is 12.2 Å². The van der Waals surface area contributed by atoms with E-state index in [-0.39, 0.29) is 18.9 Å². The van der Waals surface area contributed by atoms with Crippen molar-refractivity contribution >= 4 is 11.9 Å². The van der Waals surface area contributed by atoms with Crippen molar-refractivity contribution in [3.05, 3.63) is 30.3 Å². The monoisotopic (exact) mass is 317 g/mol. The summed E-state index contributed by atoms with van der Waals surface area (Å²) in [5.41, 5.74) is 0.208. The zero-order valence-electron chi connectivity index (χ0n) is 13.1. The predicted molar refractivity (Wildman–Crippen MR) is 82.3 cm³/mol. The average Bonchev–Trinajstić information content (AvgIpc) is 2.94. The number of nitrogens with one attached hydrogen (secondary N) is 1. The van der Waals surface area contributed by atoms with Crippen LogP contribution in [-0.4, -0.2) is 42.7 Å². The van der Waals surface area contributed by atoms with Crippen molar-refractivity contribution in [1.82, 2.24) is 25.5 Å². The molecule has 1 heterocycles. The molecule has 2 aromatic rings. The Morgan fingerprint density at radius 1 is 1.26 bits per heavy atom. The number of rotatable bonds is 7. The normalized spacial score (nSPS) is 11.2.